The number of carbonyl (C=O) groups is 2. The number of hydrogen-bond acceptors (Lipinski definition) is 7. The molecular formula is C24H29FN3O8P. The fourth-order valence-corrected chi connectivity index (χ4v) is 6.46. The van der Waals surface area contributed by atoms with Gasteiger partial charge in [-0.2, -0.15) is 0 Å². The van der Waals surface area contributed by atoms with Crippen molar-refractivity contribution in [3.8, 4) is 5.75 Å². The van der Waals surface area contributed by atoms with Crippen molar-refractivity contribution in [1.82, 2.24) is 9.47 Å². The number of piperidine rings is 1. The van der Waals surface area contributed by atoms with Crippen LogP contribution in [0.15, 0.2) is 17.1 Å². The summed E-state index contributed by atoms with van der Waals surface area (Å²) in [5, 5.41) is 9.47. The number of methoxy groups -OCH3 is 1. The Hall–Kier alpha value is -2.79. The number of benzene rings is 1. The predicted molar refractivity (Wildman–Crippen MR) is 132 cm³/mol. The SMILES string of the molecule is COc1c(N2C[C@@H]3CCCN(CC(C=O)P(=O)(O)O)[C@@H]3C2)c(F)cc2c(=O)c(C(=O)O)cn(C3CC3)c12. The second-order valence-corrected chi connectivity index (χ2v) is 12.0. The first-order valence-corrected chi connectivity index (χ1v) is 13.9. The monoisotopic (exact) mass is 537 g/mol. The smallest absolute Gasteiger partial charge is 0.341 e. The van der Waals surface area contributed by atoms with E-state index in [1.54, 1.807) is 4.57 Å². The second-order valence-electron chi connectivity index (χ2n) is 10.1. The second kappa shape index (κ2) is 9.50. The van der Waals surface area contributed by atoms with Crippen LogP contribution in [0.4, 0.5) is 10.1 Å². The van der Waals surface area contributed by atoms with E-state index in [-0.39, 0.29) is 41.4 Å². The number of aromatic nitrogens is 1. The van der Waals surface area contributed by atoms with Crippen LogP contribution in [0.25, 0.3) is 10.9 Å². The first-order valence-electron chi connectivity index (χ1n) is 12.2. The quantitative estimate of drug-likeness (QED) is 0.336. The molecule has 5 rings (SSSR count). The first-order chi connectivity index (χ1) is 17.5. The highest BCUT2D eigenvalue weighted by Gasteiger charge is 2.43. The van der Waals surface area contributed by atoms with Gasteiger partial charge in [0.1, 0.15) is 23.2 Å². The average Bonchev–Trinajstić information content (AvgIpc) is 3.59. The number of anilines is 1. The Labute approximate surface area is 211 Å². The van der Waals surface area contributed by atoms with E-state index in [0.717, 1.165) is 31.7 Å². The van der Waals surface area contributed by atoms with Gasteiger partial charge in [0.05, 0.1) is 18.0 Å². The lowest BCUT2D eigenvalue weighted by molar-refractivity contribution is -0.108. The number of aromatic carboxylic acids is 1. The lowest BCUT2D eigenvalue weighted by atomic mass is 9.92. The van der Waals surface area contributed by atoms with Gasteiger partial charge < -0.3 is 33.9 Å². The molecule has 0 amide bonds. The largest absolute Gasteiger partial charge is 0.492 e. The topological polar surface area (TPSA) is 150 Å². The number of carboxylic acids is 1. The number of ether oxygens (including phenoxy) is 1. The van der Waals surface area contributed by atoms with Gasteiger partial charge in [0.15, 0.2) is 11.6 Å². The summed E-state index contributed by atoms with van der Waals surface area (Å²) in [7, 11) is -3.22. The number of nitrogens with zero attached hydrogens (tertiary/aromatic N) is 3. The first kappa shape index (κ1) is 25.8. The molecule has 0 bridgehead atoms. The van der Waals surface area contributed by atoms with E-state index in [2.05, 4.69) is 0 Å². The standard InChI is InChI=1S/C24H29FN3O8P/c1-36-23-20-16(22(30)17(24(31)32)10-28(20)14-4-5-14)7-18(25)21(23)27-8-13-3-2-6-26(19(13)11-27)9-15(12-29)37(33,34)35/h7,10,12-15,19H,2-6,8-9,11H2,1H3,(H,31,32)(H2,33,34,35)/t13-,15?,19+/m0/s1. The van der Waals surface area contributed by atoms with Crippen molar-refractivity contribution >= 4 is 36.4 Å². The number of likely N-dealkylation sites (tertiary alicyclic amines) is 1. The number of hydrogen-bond donors (Lipinski definition) is 3. The summed E-state index contributed by atoms with van der Waals surface area (Å²) in [6, 6.07) is 0.914. The van der Waals surface area contributed by atoms with Gasteiger partial charge in [0.2, 0.25) is 5.43 Å². The van der Waals surface area contributed by atoms with Gasteiger partial charge in [-0.15, -0.1) is 0 Å². The summed E-state index contributed by atoms with van der Waals surface area (Å²) < 4.78 is 34.8. The lowest BCUT2D eigenvalue weighted by Crippen LogP contribution is -2.48. The van der Waals surface area contributed by atoms with Crippen molar-refractivity contribution in [2.45, 2.75) is 43.4 Å². The van der Waals surface area contributed by atoms with Gasteiger partial charge >= 0.3 is 13.6 Å². The van der Waals surface area contributed by atoms with Crippen LogP contribution in [0.1, 0.15) is 42.1 Å². The van der Waals surface area contributed by atoms with Crippen molar-refractivity contribution in [3.05, 3.63) is 33.9 Å². The van der Waals surface area contributed by atoms with Crippen LogP contribution in [0.5, 0.6) is 5.75 Å². The number of pyridine rings is 1. The molecule has 2 aromatic rings. The Morgan fingerprint density at radius 2 is 2.03 bits per heavy atom. The van der Waals surface area contributed by atoms with Crippen molar-refractivity contribution in [2.75, 3.05) is 38.2 Å². The summed E-state index contributed by atoms with van der Waals surface area (Å²) in [5.74, 6) is -1.85. The Morgan fingerprint density at radius 1 is 1.30 bits per heavy atom. The van der Waals surface area contributed by atoms with Gasteiger partial charge in [-0.05, 0) is 44.2 Å². The minimum absolute atomic E-state index is 0.0157. The van der Waals surface area contributed by atoms with Gasteiger partial charge in [-0.3, -0.25) is 14.3 Å². The van der Waals surface area contributed by atoms with E-state index >= 15 is 4.39 Å². The lowest BCUT2D eigenvalue weighted by Gasteiger charge is -2.37. The molecule has 3 atom stereocenters. The van der Waals surface area contributed by atoms with E-state index in [0.29, 0.717) is 31.4 Å². The molecule has 3 fully saturated rings. The number of carbonyl (C=O) groups excluding carboxylic acids is 1. The van der Waals surface area contributed by atoms with E-state index in [4.69, 9.17) is 4.74 Å². The summed E-state index contributed by atoms with van der Waals surface area (Å²) in [6.45, 7) is 1.29. The zero-order valence-corrected chi connectivity index (χ0v) is 21.1. The molecular weight excluding hydrogens is 508 g/mol. The maximum atomic E-state index is 15.7. The van der Waals surface area contributed by atoms with Gasteiger partial charge in [0.25, 0.3) is 0 Å². The van der Waals surface area contributed by atoms with Crippen LogP contribution in [-0.2, 0) is 9.36 Å². The van der Waals surface area contributed by atoms with E-state index in [9.17, 15) is 33.8 Å². The highest BCUT2D eigenvalue weighted by molar-refractivity contribution is 7.53. The Kier molecular flexibility index (Phi) is 6.64. The Balaban J connectivity index is 1.56. The zero-order valence-electron chi connectivity index (χ0n) is 20.2. The molecule has 3 heterocycles. The minimum Gasteiger partial charge on any atom is -0.492 e. The third kappa shape index (κ3) is 4.56. The maximum absolute atomic E-state index is 15.7. The summed E-state index contributed by atoms with van der Waals surface area (Å²) in [4.78, 5) is 58.8. The molecule has 1 aromatic carbocycles. The zero-order chi connectivity index (χ0) is 26.6. The maximum Gasteiger partial charge on any atom is 0.341 e. The molecule has 2 saturated heterocycles. The van der Waals surface area contributed by atoms with Crippen molar-refractivity contribution < 1.29 is 38.2 Å². The van der Waals surface area contributed by atoms with Crippen LogP contribution in [-0.4, -0.2) is 81.6 Å². The van der Waals surface area contributed by atoms with Crippen molar-refractivity contribution in [2.24, 2.45) is 5.92 Å². The molecule has 37 heavy (non-hydrogen) atoms. The molecule has 0 radical (unpaired) electrons. The molecule has 11 nitrogen and oxygen atoms in total. The highest BCUT2D eigenvalue weighted by Crippen LogP contribution is 2.46. The number of fused-ring (bicyclic) bond motifs is 2. The van der Waals surface area contributed by atoms with Crippen molar-refractivity contribution in [3.63, 3.8) is 0 Å². The fraction of sp³-hybridized carbons (Fsp3) is 0.542. The van der Waals surface area contributed by atoms with Gasteiger partial charge in [0, 0.05) is 37.9 Å². The summed E-state index contributed by atoms with van der Waals surface area (Å²) in [5.41, 5.74) is -2.11. The van der Waals surface area contributed by atoms with Crippen LogP contribution in [0.3, 0.4) is 0 Å². The third-order valence-corrected chi connectivity index (χ3v) is 8.94. The van der Waals surface area contributed by atoms with Crippen LogP contribution >= 0.6 is 7.60 Å². The predicted octanol–water partition coefficient (Wildman–Crippen LogP) is 1.83. The Morgan fingerprint density at radius 3 is 2.62 bits per heavy atom. The molecule has 0 spiro atoms. The normalized spacial score (nSPS) is 23.2. The summed E-state index contributed by atoms with van der Waals surface area (Å²) >= 11 is 0. The molecule has 13 heteroatoms. The van der Waals surface area contributed by atoms with E-state index in [1.807, 2.05) is 9.80 Å². The summed E-state index contributed by atoms with van der Waals surface area (Å²) in [6.07, 6.45) is 4.82. The minimum atomic E-state index is -4.60. The van der Waals surface area contributed by atoms with Crippen LogP contribution in [0, 0.1) is 11.7 Å². The number of aldehydes is 1. The molecule has 2 aliphatic heterocycles. The van der Waals surface area contributed by atoms with Crippen molar-refractivity contribution in [1.29, 1.82) is 0 Å². The molecule has 1 saturated carbocycles. The Bertz CT molecular complexity index is 1370. The highest BCUT2D eigenvalue weighted by atomic mass is 31.2. The molecule has 1 aliphatic carbocycles. The number of halogens is 1. The molecule has 3 N–H and O–H groups in total. The number of carboxylic acid groups (broad SMARTS) is 1. The van der Waals surface area contributed by atoms with E-state index in [1.165, 1.54) is 13.3 Å². The van der Waals surface area contributed by atoms with Crippen LogP contribution < -0.4 is 15.1 Å². The van der Waals surface area contributed by atoms with Gasteiger partial charge in [-0.1, -0.05) is 0 Å². The molecule has 3 aliphatic rings. The average molecular weight is 537 g/mol. The molecule has 1 aromatic heterocycles. The van der Waals surface area contributed by atoms with E-state index < -0.39 is 36.0 Å². The number of rotatable bonds is 8. The molecule has 1 unspecified atom stereocenters. The fourth-order valence-electron chi connectivity index (χ4n) is 5.88. The van der Waals surface area contributed by atoms with Crippen LogP contribution in [0.2, 0.25) is 0 Å². The molecule has 200 valence electrons. The van der Waals surface area contributed by atoms with Gasteiger partial charge in [-0.25, -0.2) is 9.18 Å². The third-order valence-electron chi connectivity index (χ3n) is 7.80.